The lowest BCUT2D eigenvalue weighted by Gasteiger charge is -2.16. The Hall–Kier alpha value is -3.89. The minimum atomic E-state index is -3.17. The van der Waals surface area contributed by atoms with Crippen LogP contribution in [0.15, 0.2) is 115 Å². The van der Waals surface area contributed by atoms with Crippen molar-refractivity contribution >= 4 is 66.2 Å². The van der Waals surface area contributed by atoms with Crippen molar-refractivity contribution < 1.29 is 4.57 Å². The van der Waals surface area contributed by atoms with Crippen LogP contribution in [0, 0.1) is 0 Å². The van der Waals surface area contributed by atoms with E-state index in [1.165, 1.54) is 0 Å². The molecule has 0 saturated carbocycles. The van der Waals surface area contributed by atoms with Crippen molar-refractivity contribution in [2.45, 2.75) is 0 Å². The molecule has 0 aliphatic carbocycles. The van der Waals surface area contributed by atoms with Gasteiger partial charge in [-0.2, -0.15) is 0 Å². The highest BCUT2D eigenvalue weighted by Crippen LogP contribution is 2.57. The maximum Gasteiger partial charge on any atom is 0.174 e. The van der Waals surface area contributed by atoms with Crippen molar-refractivity contribution in [1.29, 1.82) is 0 Å². The summed E-state index contributed by atoms with van der Waals surface area (Å²) >= 11 is 3.32. The number of aromatic nitrogens is 2. The zero-order chi connectivity index (χ0) is 25.3. The quantitative estimate of drug-likeness (QED) is 0.214. The second-order valence-electron chi connectivity index (χ2n) is 9.31. The lowest BCUT2D eigenvalue weighted by molar-refractivity contribution is 0.593. The van der Waals surface area contributed by atoms with Gasteiger partial charge in [0.15, 0.2) is 7.14 Å². The molecule has 1 unspecified atom stereocenters. The predicted molar refractivity (Wildman–Crippen MR) is 162 cm³/mol. The Balaban J connectivity index is 1.56. The number of nitrogens with zero attached hydrogens (tertiary/aromatic N) is 2. The molecule has 0 fully saturated rings. The molecule has 2 aromatic heterocycles. The first-order valence-corrected chi connectivity index (χ1v) is 15.7. The van der Waals surface area contributed by atoms with E-state index >= 15 is 4.57 Å². The fraction of sp³-hybridized carbons (Fsp3) is 0. The molecule has 0 amide bonds. The van der Waals surface area contributed by atoms with Crippen LogP contribution in [0.5, 0.6) is 0 Å². The third-order valence-electron chi connectivity index (χ3n) is 7.15. The summed E-state index contributed by atoms with van der Waals surface area (Å²) in [5.41, 5.74) is 5.95. The Bertz CT molecular complexity index is 2050. The molecule has 0 N–H and O–H groups in total. The van der Waals surface area contributed by atoms with Crippen LogP contribution in [0.1, 0.15) is 0 Å². The summed E-state index contributed by atoms with van der Waals surface area (Å²) < 4.78 is 17.6. The zero-order valence-electron chi connectivity index (χ0n) is 20.0. The molecular formula is C32H19N2OPS2. The molecule has 0 spiro atoms. The molecule has 7 aromatic rings. The zero-order valence-corrected chi connectivity index (χ0v) is 22.6. The molecule has 6 heteroatoms. The van der Waals surface area contributed by atoms with Crippen LogP contribution in [0.3, 0.4) is 0 Å². The van der Waals surface area contributed by atoms with E-state index < -0.39 is 7.14 Å². The maximum atomic E-state index is 15.5. The number of fused-ring (bicyclic) bond motifs is 8. The number of hydrogen-bond donors (Lipinski definition) is 0. The number of thiazole rings is 2. The van der Waals surface area contributed by atoms with Gasteiger partial charge in [-0.3, -0.25) is 0 Å². The molecule has 8 rings (SSSR count). The molecule has 1 aliphatic rings. The highest BCUT2D eigenvalue weighted by Gasteiger charge is 2.44. The number of benzene rings is 5. The third kappa shape index (κ3) is 3.04. The van der Waals surface area contributed by atoms with Crippen LogP contribution in [-0.4, -0.2) is 9.97 Å². The van der Waals surface area contributed by atoms with Crippen molar-refractivity contribution in [3.8, 4) is 32.3 Å². The van der Waals surface area contributed by atoms with Gasteiger partial charge in [0.2, 0.25) is 0 Å². The molecule has 1 atom stereocenters. The summed E-state index contributed by atoms with van der Waals surface area (Å²) in [5, 5.41) is 4.46. The number of rotatable bonds is 3. The Morgan fingerprint density at radius 1 is 0.553 bits per heavy atom. The van der Waals surface area contributed by atoms with Crippen molar-refractivity contribution in [2.24, 2.45) is 0 Å². The average Bonchev–Trinajstić information content (AvgIpc) is 3.68. The van der Waals surface area contributed by atoms with E-state index in [1.807, 2.05) is 84.9 Å². The molecular weight excluding hydrogens is 523 g/mol. The lowest BCUT2D eigenvalue weighted by Crippen LogP contribution is -2.21. The smallest absolute Gasteiger partial charge is 0.174 e. The first kappa shape index (κ1) is 22.1. The molecule has 1 aliphatic heterocycles. The topological polar surface area (TPSA) is 42.9 Å². The largest absolute Gasteiger partial charge is 0.309 e. The first-order valence-electron chi connectivity index (χ1n) is 12.4. The van der Waals surface area contributed by atoms with Crippen LogP contribution in [0.2, 0.25) is 0 Å². The molecule has 3 nitrogen and oxygen atoms in total. The number of hydrogen-bond acceptors (Lipinski definition) is 5. The Morgan fingerprint density at radius 2 is 1.08 bits per heavy atom. The Labute approximate surface area is 227 Å². The first-order chi connectivity index (χ1) is 18.7. The summed E-state index contributed by atoms with van der Waals surface area (Å²) in [6.45, 7) is 0. The molecule has 0 radical (unpaired) electrons. The monoisotopic (exact) mass is 542 g/mol. The van der Waals surface area contributed by atoms with Gasteiger partial charge in [-0.1, -0.05) is 115 Å². The van der Waals surface area contributed by atoms with Crippen LogP contribution in [0.25, 0.3) is 52.7 Å². The predicted octanol–water partition coefficient (Wildman–Crippen LogP) is 7.86. The standard InChI is InChI=1S/C32H19N2OPS2/c35-36(22-16-8-3-9-17-22)24-19-11-10-18-23(24)25-28(36)26-30(38-31(33-26)20-12-4-1-5-13-20)27-29(25)37-32(34-27)21-14-6-2-7-15-21/h1-19H. The van der Waals surface area contributed by atoms with Crippen molar-refractivity contribution in [3.63, 3.8) is 0 Å². The normalized spacial score (nSPS) is 16.1. The van der Waals surface area contributed by atoms with Crippen LogP contribution in [0.4, 0.5) is 0 Å². The van der Waals surface area contributed by atoms with Gasteiger partial charge >= 0.3 is 0 Å². The SMILES string of the molecule is O=P1(c2ccccc2)c2ccccc2-c2c1c1nc(-c3ccccc3)sc1c1nc(-c3ccccc3)sc21. The molecule has 180 valence electrons. The maximum absolute atomic E-state index is 15.5. The van der Waals surface area contributed by atoms with Gasteiger partial charge in [-0.15, -0.1) is 22.7 Å². The van der Waals surface area contributed by atoms with E-state index in [0.29, 0.717) is 0 Å². The van der Waals surface area contributed by atoms with Crippen LogP contribution in [-0.2, 0) is 4.57 Å². The molecule has 3 heterocycles. The summed E-state index contributed by atoms with van der Waals surface area (Å²) in [4.78, 5) is 10.4. The van der Waals surface area contributed by atoms with Gasteiger partial charge in [0.1, 0.15) is 15.5 Å². The van der Waals surface area contributed by atoms with Crippen molar-refractivity contribution in [1.82, 2.24) is 9.97 Å². The van der Waals surface area contributed by atoms with Gasteiger partial charge in [0.05, 0.1) is 20.2 Å². The van der Waals surface area contributed by atoms with E-state index in [-0.39, 0.29) is 0 Å². The summed E-state index contributed by atoms with van der Waals surface area (Å²) in [6.07, 6.45) is 0. The van der Waals surface area contributed by atoms with E-state index in [4.69, 9.17) is 9.97 Å². The fourth-order valence-electron chi connectivity index (χ4n) is 5.46. The second-order valence-corrected chi connectivity index (χ2v) is 14.0. The van der Waals surface area contributed by atoms with E-state index in [1.54, 1.807) is 22.7 Å². The Morgan fingerprint density at radius 3 is 1.74 bits per heavy atom. The minimum absolute atomic E-state index is 0.810. The van der Waals surface area contributed by atoms with Crippen molar-refractivity contribution in [2.75, 3.05) is 0 Å². The van der Waals surface area contributed by atoms with Gasteiger partial charge in [0, 0.05) is 27.3 Å². The average molecular weight is 543 g/mol. The highest BCUT2D eigenvalue weighted by molar-refractivity contribution is 7.87. The molecule has 0 bridgehead atoms. The van der Waals surface area contributed by atoms with E-state index in [9.17, 15) is 0 Å². The molecule has 38 heavy (non-hydrogen) atoms. The van der Waals surface area contributed by atoms with E-state index in [0.717, 1.165) is 68.6 Å². The fourth-order valence-corrected chi connectivity index (χ4v) is 11.1. The second kappa shape index (κ2) is 8.31. The molecule has 0 saturated heterocycles. The van der Waals surface area contributed by atoms with E-state index in [2.05, 4.69) is 30.3 Å². The minimum Gasteiger partial charge on any atom is -0.309 e. The lowest BCUT2D eigenvalue weighted by atomic mass is 10.0. The highest BCUT2D eigenvalue weighted by atomic mass is 32.1. The van der Waals surface area contributed by atoms with Crippen molar-refractivity contribution in [3.05, 3.63) is 115 Å². The van der Waals surface area contributed by atoms with Crippen LogP contribution >= 0.6 is 29.8 Å². The van der Waals surface area contributed by atoms with Gasteiger partial charge < -0.3 is 4.57 Å². The van der Waals surface area contributed by atoms with Crippen LogP contribution < -0.4 is 15.9 Å². The van der Waals surface area contributed by atoms with Gasteiger partial charge in [-0.25, -0.2) is 9.97 Å². The summed E-state index contributed by atoms with van der Waals surface area (Å²) in [7, 11) is -3.17. The summed E-state index contributed by atoms with van der Waals surface area (Å²) in [5.74, 6) is 0. The third-order valence-corrected chi connectivity index (χ3v) is 12.5. The van der Waals surface area contributed by atoms with Gasteiger partial charge in [0.25, 0.3) is 0 Å². The molecule has 5 aromatic carbocycles. The van der Waals surface area contributed by atoms with Gasteiger partial charge in [-0.05, 0) is 5.56 Å². The summed E-state index contributed by atoms with van der Waals surface area (Å²) in [6, 6.07) is 38.6. The Kier molecular flexibility index (Phi) is 4.84.